The van der Waals surface area contributed by atoms with E-state index in [4.69, 9.17) is 0 Å². The Kier molecular flexibility index (Phi) is 5.89. The van der Waals surface area contributed by atoms with Gasteiger partial charge >= 0.3 is 0 Å². The van der Waals surface area contributed by atoms with E-state index < -0.39 is 0 Å². The van der Waals surface area contributed by atoms with Crippen molar-refractivity contribution in [2.45, 2.75) is 71.1 Å². The summed E-state index contributed by atoms with van der Waals surface area (Å²) in [5, 5.41) is 0. The number of unbranched alkanes of at least 4 members (excludes halogenated alkanes) is 3. The lowest BCUT2D eigenvalue weighted by atomic mass is 9.98. The Hall–Kier alpha value is -0.330. The molecule has 14 heavy (non-hydrogen) atoms. The van der Waals surface area contributed by atoms with Crippen LogP contribution in [0.2, 0.25) is 0 Å². The Balaban J connectivity index is 1.98. The highest BCUT2D eigenvalue weighted by molar-refractivity contribution is 5.78. The van der Waals surface area contributed by atoms with Gasteiger partial charge < -0.3 is 0 Å². The van der Waals surface area contributed by atoms with E-state index in [1.165, 1.54) is 44.9 Å². The number of carbonyl (C=O) groups is 1. The van der Waals surface area contributed by atoms with E-state index >= 15 is 0 Å². The lowest BCUT2D eigenvalue weighted by Crippen LogP contribution is -2.04. The number of Topliss-reactive ketones (excluding diaryl/α,β-unsaturated/α-hetero) is 1. The van der Waals surface area contributed by atoms with E-state index in [9.17, 15) is 4.79 Å². The quantitative estimate of drug-likeness (QED) is 0.560. The molecular formula is C13H24O. The molecule has 0 aromatic rings. The first kappa shape index (κ1) is 11.7. The van der Waals surface area contributed by atoms with Gasteiger partial charge in [0.25, 0.3) is 0 Å². The van der Waals surface area contributed by atoms with E-state index in [1.54, 1.807) is 0 Å². The Morgan fingerprint density at radius 1 is 1.14 bits per heavy atom. The predicted molar refractivity (Wildman–Crippen MR) is 60.3 cm³/mol. The summed E-state index contributed by atoms with van der Waals surface area (Å²) in [5.74, 6) is 1.27. The number of ketones is 1. The maximum Gasteiger partial charge on any atom is 0.133 e. The molecule has 1 heteroatoms. The van der Waals surface area contributed by atoms with Gasteiger partial charge in [0.1, 0.15) is 5.78 Å². The first-order valence-corrected chi connectivity index (χ1v) is 6.34. The van der Waals surface area contributed by atoms with E-state index in [1.807, 2.05) is 0 Å². The summed E-state index contributed by atoms with van der Waals surface area (Å²) in [5.41, 5.74) is 0. The third-order valence-electron chi connectivity index (χ3n) is 3.30. The van der Waals surface area contributed by atoms with Gasteiger partial charge in [0.2, 0.25) is 0 Å². The van der Waals surface area contributed by atoms with Crippen molar-refractivity contribution in [1.29, 1.82) is 0 Å². The standard InChI is InChI=1S/C13H24O/c1-2-3-4-5-10-13(14)11-12-8-6-7-9-12/h12H,2-11H2,1H3. The highest BCUT2D eigenvalue weighted by Crippen LogP contribution is 2.28. The summed E-state index contributed by atoms with van der Waals surface area (Å²) in [6.07, 6.45) is 12.0. The lowest BCUT2D eigenvalue weighted by Gasteiger charge is -2.06. The van der Waals surface area contributed by atoms with E-state index in [0.717, 1.165) is 25.2 Å². The fourth-order valence-electron chi connectivity index (χ4n) is 2.39. The summed E-state index contributed by atoms with van der Waals surface area (Å²) in [7, 11) is 0. The lowest BCUT2D eigenvalue weighted by molar-refractivity contribution is -0.120. The molecular weight excluding hydrogens is 172 g/mol. The van der Waals surface area contributed by atoms with Gasteiger partial charge in [0.05, 0.1) is 0 Å². The molecule has 0 atom stereocenters. The number of hydrogen-bond acceptors (Lipinski definition) is 1. The van der Waals surface area contributed by atoms with Crippen molar-refractivity contribution in [1.82, 2.24) is 0 Å². The second-order valence-electron chi connectivity index (χ2n) is 4.70. The molecule has 0 heterocycles. The Morgan fingerprint density at radius 2 is 1.86 bits per heavy atom. The topological polar surface area (TPSA) is 17.1 Å². The van der Waals surface area contributed by atoms with Crippen LogP contribution in [0.1, 0.15) is 71.1 Å². The zero-order chi connectivity index (χ0) is 10.2. The number of hydrogen-bond donors (Lipinski definition) is 0. The van der Waals surface area contributed by atoms with E-state index in [-0.39, 0.29) is 0 Å². The number of carbonyl (C=O) groups excluding carboxylic acids is 1. The van der Waals surface area contributed by atoms with Crippen LogP contribution < -0.4 is 0 Å². The Morgan fingerprint density at radius 3 is 2.50 bits per heavy atom. The smallest absolute Gasteiger partial charge is 0.133 e. The molecule has 1 nitrogen and oxygen atoms in total. The summed E-state index contributed by atoms with van der Waals surface area (Å²) in [4.78, 5) is 11.6. The highest BCUT2D eigenvalue weighted by Gasteiger charge is 2.17. The fourth-order valence-corrected chi connectivity index (χ4v) is 2.39. The van der Waals surface area contributed by atoms with Crippen LogP contribution in [0.25, 0.3) is 0 Å². The molecule has 1 fully saturated rings. The summed E-state index contributed by atoms with van der Waals surface area (Å²) >= 11 is 0. The van der Waals surface area contributed by atoms with Crippen LogP contribution in [-0.4, -0.2) is 5.78 Å². The van der Waals surface area contributed by atoms with Crippen LogP contribution in [0.5, 0.6) is 0 Å². The SMILES string of the molecule is CCCCCCC(=O)CC1CCCC1. The van der Waals surface area contributed by atoms with E-state index in [2.05, 4.69) is 6.92 Å². The Bertz CT molecular complexity index is 157. The van der Waals surface area contributed by atoms with Gasteiger partial charge in [-0.25, -0.2) is 0 Å². The van der Waals surface area contributed by atoms with Crippen LogP contribution in [0.15, 0.2) is 0 Å². The molecule has 0 bridgehead atoms. The van der Waals surface area contributed by atoms with Gasteiger partial charge in [-0.1, -0.05) is 51.9 Å². The second-order valence-corrected chi connectivity index (χ2v) is 4.70. The second kappa shape index (κ2) is 7.03. The average molecular weight is 196 g/mol. The molecule has 0 aliphatic heterocycles. The minimum absolute atomic E-state index is 0.521. The molecule has 1 aliphatic carbocycles. The molecule has 1 saturated carbocycles. The monoisotopic (exact) mass is 196 g/mol. The zero-order valence-corrected chi connectivity index (χ0v) is 9.56. The average Bonchev–Trinajstić information content (AvgIpc) is 2.65. The summed E-state index contributed by atoms with van der Waals surface area (Å²) in [6.45, 7) is 2.21. The van der Waals surface area contributed by atoms with Crippen LogP contribution in [0.4, 0.5) is 0 Å². The van der Waals surface area contributed by atoms with Gasteiger partial charge in [-0.3, -0.25) is 4.79 Å². The van der Waals surface area contributed by atoms with Crippen molar-refractivity contribution in [3.63, 3.8) is 0 Å². The number of rotatable bonds is 7. The fraction of sp³-hybridized carbons (Fsp3) is 0.923. The van der Waals surface area contributed by atoms with Crippen molar-refractivity contribution in [3.8, 4) is 0 Å². The van der Waals surface area contributed by atoms with Gasteiger partial charge in [-0.15, -0.1) is 0 Å². The maximum absolute atomic E-state index is 11.6. The van der Waals surface area contributed by atoms with Gasteiger partial charge in [0, 0.05) is 12.8 Å². The minimum atomic E-state index is 0.521. The third kappa shape index (κ3) is 4.78. The first-order valence-electron chi connectivity index (χ1n) is 6.34. The molecule has 0 aromatic heterocycles. The van der Waals surface area contributed by atoms with E-state index in [0.29, 0.717) is 5.78 Å². The van der Waals surface area contributed by atoms with Crippen LogP contribution in [-0.2, 0) is 4.79 Å². The van der Waals surface area contributed by atoms with Crippen molar-refractivity contribution in [2.24, 2.45) is 5.92 Å². The molecule has 0 radical (unpaired) electrons. The summed E-state index contributed by atoms with van der Waals surface area (Å²) in [6, 6.07) is 0. The molecule has 0 N–H and O–H groups in total. The van der Waals surface area contributed by atoms with Gasteiger partial charge in [0.15, 0.2) is 0 Å². The molecule has 0 saturated heterocycles. The highest BCUT2D eigenvalue weighted by atomic mass is 16.1. The molecule has 82 valence electrons. The molecule has 0 spiro atoms. The van der Waals surface area contributed by atoms with Crippen molar-refractivity contribution < 1.29 is 4.79 Å². The molecule has 0 aromatic carbocycles. The predicted octanol–water partition coefficient (Wildman–Crippen LogP) is 4.11. The normalized spacial score (nSPS) is 17.5. The van der Waals surface area contributed by atoms with Crippen LogP contribution in [0.3, 0.4) is 0 Å². The van der Waals surface area contributed by atoms with Crippen molar-refractivity contribution in [2.75, 3.05) is 0 Å². The summed E-state index contributed by atoms with van der Waals surface area (Å²) < 4.78 is 0. The molecule has 1 aliphatic rings. The first-order chi connectivity index (χ1) is 6.83. The molecule has 0 amide bonds. The van der Waals surface area contributed by atoms with Crippen molar-refractivity contribution in [3.05, 3.63) is 0 Å². The van der Waals surface area contributed by atoms with Crippen molar-refractivity contribution >= 4 is 5.78 Å². The minimum Gasteiger partial charge on any atom is -0.300 e. The Labute approximate surface area is 88.3 Å². The molecule has 0 unspecified atom stereocenters. The van der Waals surface area contributed by atoms with Gasteiger partial charge in [-0.2, -0.15) is 0 Å². The van der Waals surface area contributed by atoms with Gasteiger partial charge in [-0.05, 0) is 12.3 Å². The van der Waals surface area contributed by atoms with Crippen LogP contribution >= 0.6 is 0 Å². The maximum atomic E-state index is 11.6. The third-order valence-corrected chi connectivity index (χ3v) is 3.30. The van der Waals surface area contributed by atoms with Crippen LogP contribution in [0, 0.1) is 5.92 Å². The largest absolute Gasteiger partial charge is 0.300 e. The zero-order valence-electron chi connectivity index (χ0n) is 9.56. The molecule has 1 rings (SSSR count).